The Kier molecular flexibility index (Phi) is 1.83. The number of ether oxygens (including phenoxy) is 1. The van der Waals surface area contributed by atoms with Crippen LogP contribution in [-0.2, 0) is 4.74 Å². The van der Waals surface area contributed by atoms with E-state index in [0.717, 1.165) is 13.2 Å². The van der Waals surface area contributed by atoms with Gasteiger partial charge in [-0.05, 0) is 0 Å². The predicted octanol–water partition coefficient (Wildman–Crippen LogP) is -1.76. The van der Waals surface area contributed by atoms with Crippen LogP contribution in [-0.4, -0.2) is 31.0 Å². The number of aliphatic hydroxyl groups is 1. The van der Waals surface area contributed by atoms with Gasteiger partial charge in [0.15, 0.2) is 0 Å². The molecular weight excluding hydrogens is 106 g/mol. The van der Waals surface area contributed by atoms with Crippen molar-refractivity contribution < 1.29 is 15.6 Å². The molecule has 1 unspecified atom stereocenters. The highest BCUT2D eigenvalue weighted by molar-refractivity contribution is 4.71. The van der Waals surface area contributed by atoms with Gasteiger partial charge < -0.3 is 15.6 Å². The van der Waals surface area contributed by atoms with Gasteiger partial charge >= 0.3 is 0 Å². The zero-order valence-corrected chi connectivity index (χ0v) is 4.84. The van der Waals surface area contributed by atoms with Crippen LogP contribution in [0.4, 0.5) is 0 Å². The number of aliphatic hydroxyl groups excluding tert-OH is 1. The molecule has 1 atom stereocenters. The van der Waals surface area contributed by atoms with E-state index in [-0.39, 0.29) is 12.6 Å². The Hall–Kier alpha value is -0.120. The average Bonchev–Trinajstić information content (AvgIpc) is 1.62. The maximum Gasteiger partial charge on any atom is 0.115 e. The molecule has 8 heavy (non-hydrogen) atoms. The Morgan fingerprint density at radius 3 is 2.50 bits per heavy atom. The minimum absolute atomic E-state index is 0.184. The molecule has 0 aliphatic carbocycles. The second-order valence-corrected chi connectivity index (χ2v) is 2.24. The van der Waals surface area contributed by atoms with Crippen LogP contribution in [0.15, 0.2) is 0 Å². The molecule has 1 heterocycles. The van der Waals surface area contributed by atoms with E-state index < -0.39 is 0 Å². The van der Waals surface area contributed by atoms with E-state index in [9.17, 15) is 0 Å². The van der Waals surface area contributed by atoms with Crippen LogP contribution in [0.3, 0.4) is 0 Å². The molecule has 0 saturated carbocycles. The van der Waals surface area contributed by atoms with Gasteiger partial charge in [-0.3, -0.25) is 0 Å². The molecule has 1 fully saturated rings. The predicted molar refractivity (Wildman–Crippen MR) is 28.1 cm³/mol. The lowest BCUT2D eigenvalue weighted by atomic mass is 10.0. The first kappa shape index (κ1) is 6.01. The van der Waals surface area contributed by atoms with E-state index in [1.165, 1.54) is 0 Å². The molecule has 1 aliphatic rings. The summed E-state index contributed by atoms with van der Waals surface area (Å²) in [6.45, 7) is 1.76. The van der Waals surface area contributed by atoms with Crippen LogP contribution >= 0.6 is 0 Å². The SMILES string of the molecule is [NH3+]C(CO)C1COC1. The van der Waals surface area contributed by atoms with Crippen LogP contribution in [0.1, 0.15) is 0 Å². The highest BCUT2D eigenvalue weighted by Crippen LogP contribution is 2.10. The van der Waals surface area contributed by atoms with Gasteiger partial charge in [-0.25, -0.2) is 0 Å². The quantitative estimate of drug-likeness (QED) is 0.451. The van der Waals surface area contributed by atoms with E-state index in [0.29, 0.717) is 5.92 Å². The van der Waals surface area contributed by atoms with Crippen LogP contribution < -0.4 is 5.73 Å². The van der Waals surface area contributed by atoms with Crippen molar-refractivity contribution in [3.63, 3.8) is 0 Å². The van der Waals surface area contributed by atoms with Gasteiger partial charge in [0.25, 0.3) is 0 Å². The highest BCUT2D eigenvalue weighted by Gasteiger charge is 2.27. The van der Waals surface area contributed by atoms with Crippen LogP contribution in [0.5, 0.6) is 0 Å². The second kappa shape index (κ2) is 2.44. The first-order chi connectivity index (χ1) is 3.84. The van der Waals surface area contributed by atoms with Crippen LogP contribution in [0.25, 0.3) is 0 Å². The second-order valence-electron chi connectivity index (χ2n) is 2.24. The summed E-state index contributed by atoms with van der Waals surface area (Å²) in [5, 5.41) is 8.55. The smallest absolute Gasteiger partial charge is 0.115 e. The Balaban J connectivity index is 2.13. The molecule has 0 aromatic carbocycles. The summed E-state index contributed by atoms with van der Waals surface area (Å²) in [6, 6.07) is 0.184. The molecule has 0 amide bonds. The third-order valence-corrected chi connectivity index (χ3v) is 1.57. The number of rotatable bonds is 2. The first-order valence-corrected chi connectivity index (χ1v) is 2.86. The molecule has 3 heteroatoms. The molecule has 0 spiro atoms. The largest absolute Gasteiger partial charge is 0.390 e. The van der Waals surface area contributed by atoms with Crippen molar-refractivity contribution in [2.75, 3.05) is 19.8 Å². The fourth-order valence-electron chi connectivity index (χ4n) is 0.675. The molecule has 1 aliphatic heterocycles. The molecule has 1 rings (SSSR count). The van der Waals surface area contributed by atoms with Crippen molar-refractivity contribution in [3.8, 4) is 0 Å². The zero-order chi connectivity index (χ0) is 5.98. The summed E-state index contributed by atoms with van der Waals surface area (Å²) >= 11 is 0. The van der Waals surface area contributed by atoms with Gasteiger partial charge in [0, 0.05) is 0 Å². The fraction of sp³-hybridized carbons (Fsp3) is 1.00. The summed E-state index contributed by atoms with van der Waals surface area (Å²) in [7, 11) is 0. The summed E-state index contributed by atoms with van der Waals surface area (Å²) < 4.78 is 4.91. The Morgan fingerprint density at radius 2 is 2.38 bits per heavy atom. The molecule has 4 N–H and O–H groups in total. The number of hydrogen-bond acceptors (Lipinski definition) is 2. The maximum atomic E-state index is 8.55. The molecule has 0 aromatic heterocycles. The van der Waals surface area contributed by atoms with E-state index in [1.54, 1.807) is 0 Å². The Labute approximate surface area is 48.4 Å². The van der Waals surface area contributed by atoms with Crippen molar-refractivity contribution in [2.24, 2.45) is 5.92 Å². The zero-order valence-electron chi connectivity index (χ0n) is 4.84. The van der Waals surface area contributed by atoms with E-state index in [4.69, 9.17) is 9.84 Å². The standard InChI is InChI=1S/C5H11NO2/c6-5(1-7)4-2-8-3-4/h4-5,7H,1-3,6H2/p+1. The minimum Gasteiger partial charge on any atom is -0.390 e. The molecule has 1 saturated heterocycles. The molecule has 0 aromatic rings. The maximum absolute atomic E-state index is 8.55. The number of hydrogen-bond donors (Lipinski definition) is 2. The minimum atomic E-state index is 0.184. The molecule has 0 bridgehead atoms. The summed E-state index contributed by atoms with van der Waals surface area (Å²) in [5.74, 6) is 0.514. The van der Waals surface area contributed by atoms with Crippen LogP contribution in [0, 0.1) is 5.92 Å². The highest BCUT2D eigenvalue weighted by atomic mass is 16.5. The average molecular weight is 118 g/mol. The van der Waals surface area contributed by atoms with Crippen molar-refractivity contribution in [1.29, 1.82) is 0 Å². The third-order valence-electron chi connectivity index (χ3n) is 1.57. The van der Waals surface area contributed by atoms with Gasteiger partial charge in [0.1, 0.15) is 6.04 Å². The summed E-state index contributed by atoms with van der Waals surface area (Å²) in [4.78, 5) is 0. The molecule has 3 nitrogen and oxygen atoms in total. The van der Waals surface area contributed by atoms with Crippen molar-refractivity contribution in [2.45, 2.75) is 6.04 Å². The monoisotopic (exact) mass is 118 g/mol. The van der Waals surface area contributed by atoms with Crippen molar-refractivity contribution in [3.05, 3.63) is 0 Å². The van der Waals surface area contributed by atoms with Crippen molar-refractivity contribution in [1.82, 2.24) is 0 Å². The lowest BCUT2D eigenvalue weighted by Gasteiger charge is -2.27. The normalized spacial score (nSPS) is 24.8. The van der Waals surface area contributed by atoms with Crippen molar-refractivity contribution >= 4 is 0 Å². The van der Waals surface area contributed by atoms with E-state index >= 15 is 0 Å². The van der Waals surface area contributed by atoms with Crippen LogP contribution in [0.2, 0.25) is 0 Å². The van der Waals surface area contributed by atoms with Gasteiger partial charge in [-0.1, -0.05) is 0 Å². The Bertz CT molecular complexity index is 70.1. The fourth-order valence-corrected chi connectivity index (χ4v) is 0.675. The van der Waals surface area contributed by atoms with Gasteiger partial charge in [0.2, 0.25) is 0 Å². The topological polar surface area (TPSA) is 57.1 Å². The van der Waals surface area contributed by atoms with Gasteiger partial charge in [-0.2, -0.15) is 0 Å². The Morgan fingerprint density at radius 1 is 1.75 bits per heavy atom. The van der Waals surface area contributed by atoms with E-state index in [1.807, 2.05) is 0 Å². The third kappa shape index (κ3) is 0.992. The molecular formula is C5H12NO2+. The van der Waals surface area contributed by atoms with Gasteiger partial charge in [0.05, 0.1) is 25.7 Å². The first-order valence-electron chi connectivity index (χ1n) is 2.86. The summed E-state index contributed by atoms with van der Waals surface area (Å²) in [6.07, 6.45) is 0. The molecule has 0 radical (unpaired) electrons. The molecule has 48 valence electrons. The number of quaternary nitrogens is 1. The van der Waals surface area contributed by atoms with E-state index in [2.05, 4.69) is 5.73 Å². The lowest BCUT2D eigenvalue weighted by Crippen LogP contribution is -2.69. The summed E-state index contributed by atoms with van der Waals surface area (Å²) in [5.41, 5.74) is 3.75. The van der Waals surface area contributed by atoms with Gasteiger partial charge in [-0.15, -0.1) is 0 Å². The lowest BCUT2D eigenvalue weighted by molar-refractivity contribution is -0.450.